The summed E-state index contributed by atoms with van der Waals surface area (Å²) in [4.78, 5) is 25.9. The van der Waals surface area contributed by atoms with E-state index in [1.165, 1.54) is 37.0 Å². The third-order valence-electron chi connectivity index (χ3n) is 5.86. The van der Waals surface area contributed by atoms with Crippen LogP contribution in [-0.2, 0) is 9.53 Å². The SMILES string of the molecule is [B]C1CCC(/C=C/C(=O)N2C(=O)OC[C@@H]2CC2CCCCC2)CC1. The van der Waals surface area contributed by atoms with Crippen molar-refractivity contribution in [3.05, 3.63) is 12.2 Å². The van der Waals surface area contributed by atoms with Gasteiger partial charge in [-0.25, -0.2) is 9.69 Å². The van der Waals surface area contributed by atoms with Gasteiger partial charge in [0.2, 0.25) is 0 Å². The van der Waals surface area contributed by atoms with E-state index in [0.717, 1.165) is 32.1 Å². The van der Waals surface area contributed by atoms with E-state index in [-0.39, 0.29) is 11.9 Å². The van der Waals surface area contributed by atoms with Crippen molar-refractivity contribution in [2.24, 2.45) is 11.8 Å². The van der Waals surface area contributed by atoms with E-state index in [9.17, 15) is 9.59 Å². The molecule has 0 bridgehead atoms. The lowest BCUT2D eigenvalue weighted by Gasteiger charge is -2.27. The lowest BCUT2D eigenvalue weighted by Crippen LogP contribution is -2.39. The molecule has 24 heavy (non-hydrogen) atoms. The first-order valence-electron chi connectivity index (χ1n) is 9.57. The van der Waals surface area contributed by atoms with Gasteiger partial charge in [0, 0.05) is 0 Å². The van der Waals surface area contributed by atoms with Crippen LogP contribution in [0.2, 0.25) is 5.82 Å². The summed E-state index contributed by atoms with van der Waals surface area (Å²) >= 11 is 0. The first-order valence-corrected chi connectivity index (χ1v) is 9.57. The van der Waals surface area contributed by atoms with Gasteiger partial charge < -0.3 is 4.74 Å². The topological polar surface area (TPSA) is 46.6 Å². The summed E-state index contributed by atoms with van der Waals surface area (Å²) in [6.45, 7) is 0.354. The second-order valence-electron chi connectivity index (χ2n) is 7.71. The van der Waals surface area contributed by atoms with Crippen molar-refractivity contribution in [1.29, 1.82) is 0 Å². The van der Waals surface area contributed by atoms with E-state index >= 15 is 0 Å². The van der Waals surface area contributed by atoms with Crippen LogP contribution in [0, 0.1) is 11.8 Å². The molecule has 3 aliphatic rings. The van der Waals surface area contributed by atoms with Gasteiger partial charge in [0.1, 0.15) is 6.61 Å². The molecule has 130 valence electrons. The summed E-state index contributed by atoms with van der Waals surface area (Å²) in [7, 11) is 5.92. The average Bonchev–Trinajstić information content (AvgIpc) is 2.95. The number of carbonyl (C=O) groups excluding carboxylic acids is 2. The molecule has 2 aliphatic carbocycles. The molecule has 2 radical (unpaired) electrons. The van der Waals surface area contributed by atoms with Crippen LogP contribution in [0.4, 0.5) is 4.79 Å². The van der Waals surface area contributed by atoms with Gasteiger partial charge in [-0.05, 0) is 37.2 Å². The smallest absolute Gasteiger partial charge is 0.417 e. The minimum absolute atomic E-state index is 0.0856. The number of nitrogens with zero attached hydrogens (tertiary/aromatic N) is 1. The van der Waals surface area contributed by atoms with Crippen molar-refractivity contribution in [3.63, 3.8) is 0 Å². The van der Waals surface area contributed by atoms with Gasteiger partial charge in [-0.2, -0.15) is 0 Å². The Morgan fingerprint density at radius 3 is 2.54 bits per heavy atom. The third-order valence-corrected chi connectivity index (χ3v) is 5.86. The second-order valence-corrected chi connectivity index (χ2v) is 7.71. The van der Waals surface area contributed by atoms with E-state index in [2.05, 4.69) is 0 Å². The highest BCUT2D eigenvalue weighted by molar-refractivity contribution is 6.11. The molecular formula is C19H28BNO3. The van der Waals surface area contributed by atoms with E-state index in [1.807, 2.05) is 6.08 Å². The molecular weight excluding hydrogens is 301 g/mol. The van der Waals surface area contributed by atoms with Crippen LogP contribution >= 0.6 is 0 Å². The number of carbonyl (C=O) groups is 2. The summed E-state index contributed by atoms with van der Waals surface area (Å²) in [6.07, 6.45) is 14.3. The van der Waals surface area contributed by atoms with Gasteiger partial charge in [-0.1, -0.05) is 56.8 Å². The van der Waals surface area contributed by atoms with Crippen molar-refractivity contribution < 1.29 is 14.3 Å². The molecule has 5 heteroatoms. The Bertz CT molecular complexity index is 479. The van der Waals surface area contributed by atoms with E-state index in [4.69, 9.17) is 12.6 Å². The molecule has 4 nitrogen and oxygen atoms in total. The summed E-state index contributed by atoms with van der Waals surface area (Å²) in [6, 6.07) is -0.0856. The Labute approximate surface area is 146 Å². The zero-order chi connectivity index (χ0) is 16.9. The number of allylic oxidation sites excluding steroid dienone is 1. The molecule has 2 amide bonds. The number of cyclic esters (lactones) is 1. The van der Waals surface area contributed by atoms with Gasteiger partial charge in [0.15, 0.2) is 0 Å². The van der Waals surface area contributed by atoms with Crippen molar-refractivity contribution in [2.75, 3.05) is 6.61 Å². The highest BCUT2D eigenvalue weighted by Crippen LogP contribution is 2.32. The molecule has 1 atom stereocenters. The lowest BCUT2D eigenvalue weighted by atomic mass is 9.72. The summed E-state index contributed by atoms with van der Waals surface area (Å²) in [5.74, 6) is 1.12. The first-order chi connectivity index (χ1) is 11.6. The standard InChI is InChI=1S/C19H28BNO3/c20-16-9-6-14(7-10-16)8-11-18(22)21-17(13-24-19(21)23)12-15-4-2-1-3-5-15/h8,11,14-17H,1-7,9-10,12-13H2/b11-8+/t14?,16?,17-/m0/s1. The number of rotatable bonds is 4. The van der Waals surface area contributed by atoms with E-state index in [1.54, 1.807) is 6.08 Å². The number of imide groups is 1. The van der Waals surface area contributed by atoms with Crippen LogP contribution in [0.15, 0.2) is 12.2 Å². The molecule has 1 aliphatic heterocycles. The fraction of sp³-hybridized carbons (Fsp3) is 0.789. The number of amides is 2. The zero-order valence-corrected chi connectivity index (χ0v) is 14.5. The Morgan fingerprint density at radius 1 is 1.12 bits per heavy atom. The Hall–Kier alpha value is -1.26. The number of hydrogen-bond donors (Lipinski definition) is 0. The largest absolute Gasteiger partial charge is 0.447 e. The summed E-state index contributed by atoms with van der Waals surface area (Å²) in [5, 5.41) is 0. The molecule has 1 heterocycles. The molecule has 0 unspecified atom stereocenters. The third kappa shape index (κ3) is 4.43. The molecule has 0 aromatic carbocycles. The minimum Gasteiger partial charge on any atom is -0.447 e. The molecule has 0 spiro atoms. The number of ether oxygens (including phenoxy) is 1. The maximum absolute atomic E-state index is 12.5. The van der Waals surface area contributed by atoms with Crippen LogP contribution in [0.25, 0.3) is 0 Å². The van der Waals surface area contributed by atoms with Crippen LogP contribution in [-0.4, -0.2) is 37.4 Å². The Kier molecular flexibility index (Phi) is 6.01. The second kappa shape index (κ2) is 8.22. The van der Waals surface area contributed by atoms with Crippen molar-refractivity contribution in [2.45, 2.75) is 76.1 Å². The maximum atomic E-state index is 12.5. The number of hydrogen-bond acceptors (Lipinski definition) is 3. The summed E-state index contributed by atoms with van der Waals surface area (Å²) in [5.41, 5.74) is 0. The van der Waals surface area contributed by atoms with Crippen molar-refractivity contribution >= 4 is 19.8 Å². The van der Waals surface area contributed by atoms with Gasteiger partial charge in [0.25, 0.3) is 5.91 Å². The van der Waals surface area contributed by atoms with Crippen molar-refractivity contribution in [1.82, 2.24) is 4.90 Å². The Balaban J connectivity index is 1.55. The lowest BCUT2D eigenvalue weighted by molar-refractivity contribution is -0.124. The van der Waals surface area contributed by atoms with Gasteiger partial charge >= 0.3 is 6.09 Å². The minimum atomic E-state index is -0.476. The predicted molar refractivity (Wildman–Crippen MR) is 93.8 cm³/mol. The van der Waals surface area contributed by atoms with E-state index in [0.29, 0.717) is 24.3 Å². The molecule has 1 saturated heterocycles. The Morgan fingerprint density at radius 2 is 1.83 bits per heavy atom. The van der Waals surface area contributed by atoms with Gasteiger partial charge in [-0.15, -0.1) is 0 Å². The molecule has 3 fully saturated rings. The van der Waals surface area contributed by atoms with Crippen LogP contribution in [0.3, 0.4) is 0 Å². The molecule has 2 saturated carbocycles. The van der Waals surface area contributed by atoms with Gasteiger partial charge in [-0.3, -0.25) is 4.79 Å². The summed E-state index contributed by atoms with van der Waals surface area (Å²) < 4.78 is 5.16. The molecule has 0 N–H and O–H groups in total. The fourth-order valence-corrected chi connectivity index (χ4v) is 4.35. The van der Waals surface area contributed by atoms with Crippen LogP contribution in [0.5, 0.6) is 0 Å². The zero-order valence-electron chi connectivity index (χ0n) is 14.5. The van der Waals surface area contributed by atoms with E-state index < -0.39 is 6.09 Å². The molecule has 0 aromatic rings. The molecule has 3 rings (SSSR count). The monoisotopic (exact) mass is 329 g/mol. The fourth-order valence-electron chi connectivity index (χ4n) is 4.35. The maximum Gasteiger partial charge on any atom is 0.417 e. The van der Waals surface area contributed by atoms with Crippen LogP contribution in [0.1, 0.15) is 64.2 Å². The van der Waals surface area contributed by atoms with Gasteiger partial charge in [0.05, 0.1) is 13.9 Å². The highest BCUT2D eigenvalue weighted by atomic mass is 16.6. The normalized spacial score (nSPS) is 32.2. The predicted octanol–water partition coefficient (Wildman–Crippen LogP) is 4.01. The van der Waals surface area contributed by atoms with Crippen LogP contribution < -0.4 is 0 Å². The first kappa shape index (κ1) is 17.6. The molecule has 0 aromatic heterocycles. The quantitative estimate of drug-likeness (QED) is 0.578. The highest BCUT2D eigenvalue weighted by Gasteiger charge is 2.38. The average molecular weight is 329 g/mol. The van der Waals surface area contributed by atoms with Crippen molar-refractivity contribution in [3.8, 4) is 0 Å².